The van der Waals surface area contributed by atoms with Crippen LogP contribution in [0.5, 0.6) is 0 Å². The van der Waals surface area contributed by atoms with Gasteiger partial charge in [-0.15, -0.1) is 0 Å². The number of halogens is 1. The Bertz CT molecular complexity index is 1150. The summed E-state index contributed by atoms with van der Waals surface area (Å²) in [4.78, 5) is 45.9. The van der Waals surface area contributed by atoms with E-state index in [4.69, 9.17) is 16.3 Å². The molecule has 0 saturated carbocycles. The minimum Gasteiger partial charge on any atom is -0.459 e. The van der Waals surface area contributed by atoms with Crippen molar-refractivity contribution < 1.29 is 19.1 Å². The number of ether oxygens (including phenoxy) is 1. The molecule has 2 aromatic rings. The topological polar surface area (TPSA) is 85.4 Å². The molecular formula is C25H28ClN5O4. The molecule has 3 unspecified atom stereocenters. The number of amides is 3. The van der Waals surface area contributed by atoms with Crippen molar-refractivity contribution in [3.63, 3.8) is 0 Å². The van der Waals surface area contributed by atoms with Gasteiger partial charge in [-0.05, 0) is 36.6 Å². The van der Waals surface area contributed by atoms with E-state index in [-0.39, 0.29) is 12.9 Å². The van der Waals surface area contributed by atoms with Gasteiger partial charge in [-0.1, -0.05) is 48.0 Å². The molecule has 2 aromatic carbocycles. The third kappa shape index (κ3) is 4.24. The maximum atomic E-state index is 13.5. The Morgan fingerprint density at radius 3 is 2.66 bits per heavy atom. The number of fused-ring (bicyclic) bond motifs is 3. The summed E-state index contributed by atoms with van der Waals surface area (Å²) in [5.41, 5.74) is 2.79. The zero-order chi connectivity index (χ0) is 24.7. The van der Waals surface area contributed by atoms with Gasteiger partial charge in [0.05, 0.1) is 0 Å². The lowest BCUT2D eigenvalue weighted by atomic mass is 10.1. The summed E-state index contributed by atoms with van der Waals surface area (Å²) in [6.45, 7) is 3.11. The average Bonchev–Trinajstić information content (AvgIpc) is 3.27. The Morgan fingerprint density at radius 2 is 1.89 bits per heavy atom. The summed E-state index contributed by atoms with van der Waals surface area (Å²) in [5, 5.41) is 4.15. The molecule has 0 spiro atoms. The first-order chi connectivity index (χ1) is 16.9. The second-order valence-electron chi connectivity index (χ2n) is 9.06. The molecule has 35 heavy (non-hydrogen) atoms. The Hall–Kier alpha value is -3.14. The minimum atomic E-state index is -0.625. The number of imide groups is 1. The molecule has 3 atom stereocenters. The number of likely N-dealkylation sites (N-methyl/N-ethyl adjacent to an activating group) is 1. The van der Waals surface area contributed by atoms with Crippen molar-refractivity contribution in [2.75, 3.05) is 31.6 Å². The minimum absolute atomic E-state index is 0.0848. The van der Waals surface area contributed by atoms with Gasteiger partial charge >= 0.3 is 12.0 Å². The number of esters is 1. The third-order valence-electron chi connectivity index (χ3n) is 6.95. The molecule has 3 amide bonds. The van der Waals surface area contributed by atoms with E-state index < -0.39 is 36.7 Å². The van der Waals surface area contributed by atoms with Crippen LogP contribution in [-0.4, -0.2) is 77.8 Å². The normalized spacial score (nSPS) is 24.4. The number of rotatable bonds is 5. The van der Waals surface area contributed by atoms with E-state index in [9.17, 15) is 14.4 Å². The second kappa shape index (κ2) is 9.49. The molecule has 3 aliphatic rings. The summed E-state index contributed by atoms with van der Waals surface area (Å²) in [7, 11) is 1.65. The van der Waals surface area contributed by atoms with Crippen molar-refractivity contribution in [1.82, 2.24) is 20.0 Å². The molecule has 0 bridgehead atoms. The van der Waals surface area contributed by atoms with Gasteiger partial charge in [-0.2, -0.15) is 0 Å². The molecule has 0 aliphatic carbocycles. The van der Waals surface area contributed by atoms with Gasteiger partial charge in [0.2, 0.25) is 0 Å². The zero-order valence-electron chi connectivity index (χ0n) is 19.7. The first-order valence-electron chi connectivity index (χ1n) is 11.7. The molecular weight excluding hydrogens is 470 g/mol. The van der Waals surface area contributed by atoms with Crippen LogP contribution in [0.2, 0.25) is 5.02 Å². The Morgan fingerprint density at radius 1 is 1.11 bits per heavy atom. The summed E-state index contributed by atoms with van der Waals surface area (Å²) in [6, 6.07) is 13.9. The molecule has 0 radical (unpaired) electrons. The molecule has 1 N–H and O–H groups in total. The lowest BCUT2D eigenvalue weighted by Crippen LogP contribution is -2.67. The quantitative estimate of drug-likeness (QED) is 0.635. The first-order valence-corrected chi connectivity index (χ1v) is 12.1. The number of anilines is 1. The number of urea groups is 1. The van der Waals surface area contributed by atoms with E-state index in [0.717, 1.165) is 34.7 Å². The summed E-state index contributed by atoms with van der Waals surface area (Å²) < 4.78 is 5.33. The number of carbonyl (C=O) groups is 3. The van der Waals surface area contributed by atoms with Crippen molar-refractivity contribution in [1.29, 1.82) is 0 Å². The number of hydrogen-bond acceptors (Lipinski definition) is 7. The van der Waals surface area contributed by atoms with E-state index in [0.29, 0.717) is 11.6 Å². The Kier molecular flexibility index (Phi) is 6.39. The monoisotopic (exact) mass is 497 g/mol. The van der Waals surface area contributed by atoms with Crippen LogP contribution in [0.25, 0.3) is 0 Å². The highest BCUT2D eigenvalue weighted by atomic mass is 35.5. The van der Waals surface area contributed by atoms with E-state index in [1.54, 1.807) is 7.05 Å². The first kappa shape index (κ1) is 23.6. The Labute approximate surface area is 209 Å². The van der Waals surface area contributed by atoms with Crippen LogP contribution in [0.4, 0.5) is 10.5 Å². The van der Waals surface area contributed by atoms with Crippen molar-refractivity contribution >= 4 is 35.2 Å². The molecule has 3 aliphatic heterocycles. The molecule has 3 fully saturated rings. The maximum absolute atomic E-state index is 13.5. The van der Waals surface area contributed by atoms with E-state index in [2.05, 4.69) is 15.1 Å². The molecule has 5 rings (SSSR count). The fraction of sp³-hybridized carbons (Fsp3) is 0.400. The van der Waals surface area contributed by atoms with Crippen molar-refractivity contribution in [2.45, 2.75) is 38.4 Å². The maximum Gasteiger partial charge on any atom is 0.328 e. The fourth-order valence-electron chi connectivity index (χ4n) is 5.13. The van der Waals surface area contributed by atoms with Crippen LogP contribution in [-0.2, 0) is 20.9 Å². The summed E-state index contributed by atoms with van der Waals surface area (Å²) in [5.74, 6) is -1.02. The van der Waals surface area contributed by atoms with Crippen LogP contribution < -0.4 is 10.2 Å². The second-order valence-corrected chi connectivity index (χ2v) is 9.47. The molecule has 3 heterocycles. The highest BCUT2D eigenvalue weighted by molar-refractivity contribution is 6.31. The standard InChI is InChI=1S/C25H28ClN5O4/c1-16-18(26)10-6-11-19(16)29-12-7-13-30-21-22(27-24(29)30)28(2)25(34)31(23(21)33)14-20(32)35-15-17-8-4-3-5-9-17/h3-6,8-11,21-22,24,27H,7,12-15H2,1-2H3. The van der Waals surface area contributed by atoms with Crippen molar-refractivity contribution in [3.8, 4) is 0 Å². The van der Waals surface area contributed by atoms with Gasteiger partial charge in [0.25, 0.3) is 5.91 Å². The molecule has 0 aromatic heterocycles. The van der Waals surface area contributed by atoms with Gasteiger partial charge in [-0.25, -0.2) is 4.79 Å². The number of hydrogen-bond donors (Lipinski definition) is 1. The lowest BCUT2D eigenvalue weighted by Gasteiger charge is -2.44. The van der Waals surface area contributed by atoms with Crippen LogP contribution in [0.3, 0.4) is 0 Å². The van der Waals surface area contributed by atoms with Crippen molar-refractivity contribution in [2.24, 2.45) is 0 Å². The Balaban J connectivity index is 1.34. The van der Waals surface area contributed by atoms with E-state index in [1.807, 2.05) is 55.5 Å². The highest BCUT2D eigenvalue weighted by Gasteiger charge is 2.56. The SMILES string of the molecule is Cc1c(Cl)cccc1N1CCCN2C3C(=O)N(CC(=O)OCc4ccccc4)C(=O)N(C)C3NC12. The molecule has 10 heteroatoms. The van der Waals surface area contributed by atoms with Gasteiger partial charge in [-0.3, -0.25) is 24.7 Å². The van der Waals surface area contributed by atoms with Gasteiger partial charge in [0, 0.05) is 30.8 Å². The summed E-state index contributed by atoms with van der Waals surface area (Å²) >= 11 is 6.38. The van der Waals surface area contributed by atoms with Gasteiger partial charge in [0.15, 0.2) is 0 Å². The van der Waals surface area contributed by atoms with E-state index >= 15 is 0 Å². The van der Waals surface area contributed by atoms with Gasteiger partial charge in [0.1, 0.15) is 31.6 Å². The largest absolute Gasteiger partial charge is 0.459 e. The fourth-order valence-corrected chi connectivity index (χ4v) is 5.30. The smallest absolute Gasteiger partial charge is 0.328 e. The zero-order valence-corrected chi connectivity index (χ0v) is 20.4. The predicted molar refractivity (Wildman–Crippen MR) is 130 cm³/mol. The van der Waals surface area contributed by atoms with Gasteiger partial charge < -0.3 is 14.5 Å². The molecule has 184 valence electrons. The highest BCUT2D eigenvalue weighted by Crippen LogP contribution is 2.35. The number of nitrogens with zero attached hydrogens (tertiary/aromatic N) is 4. The average molecular weight is 498 g/mol. The third-order valence-corrected chi connectivity index (χ3v) is 7.36. The predicted octanol–water partition coefficient (Wildman–Crippen LogP) is 2.38. The van der Waals surface area contributed by atoms with E-state index in [1.165, 1.54) is 4.90 Å². The number of carbonyl (C=O) groups excluding carboxylic acids is 3. The van der Waals surface area contributed by atoms with Crippen LogP contribution >= 0.6 is 11.6 Å². The number of benzene rings is 2. The van der Waals surface area contributed by atoms with Crippen LogP contribution in [0.15, 0.2) is 48.5 Å². The molecule has 9 nitrogen and oxygen atoms in total. The summed E-state index contributed by atoms with van der Waals surface area (Å²) in [6.07, 6.45) is 0.0639. The van der Waals surface area contributed by atoms with Crippen LogP contribution in [0, 0.1) is 6.92 Å². The lowest BCUT2D eigenvalue weighted by molar-refractivity contribution is -0.152. The van der Waals surface area contributed by atoms with Crippen molar-refractivity contribution in [3.05, 3.63) is 64.7 Å². The molecule has 3 saturated heterocycles. The number of nitrogens with one attached hydrogen (secondary N) is 1. The van der Waals surface area contributed by atoms with Crippen LogP contribution in [0.1, 0.15) is 17.5 Å².